The van der Waals surface area contributed by atoms with E-state index in [0.29, 0.717) is 38.1 Å². The van der Waals surface area contributed by atoms with Crippen molar-refractivity contribution in [3.05, 3.63) is 40.6 Å². The molecule has 27 heavy (non-hydrogen) atoms. The standard InChI is InChI=1S/C20H24N2O5/c1-4-27-20(26)21-9-7-15(8-10-21)22-18(24)16(17(23)19(22)25)14-6-5-12(2)13(3)11-14/h5-6,11,15,23H,4,7-10H2,1-3H3. The summed E-state index contributed by atoms with van der Waals surface area (Å²) in [5.41, 5.74) is 2.64. The van der Waals surface area contributed by atoms with E-state index in [-0.39, 0.29) is 17.7 Å². The topological polar surface area (TPSA) is 87.2 Å². The van der Waals surface area contributed by atoms with Gasteiger partial charge >= 0.3 is 6.09 Å². The molecule has 1 aromatic carbocycles. The number of benzene rings is 1. The molecular formula is C20H24N2O5. The van der Waals surface area contributed by atoms with Gasteiger partial charge < -0.3 is 14.7 Å². The van der Waals surface area contributed by atoms with Crippen molar-refractivity contribution in [2.45, 2.75) is 39.7 Å². The Labute approximate surface area is 158 Å². The number of hydrogen-bond donors (Lipinski definition) is 1. The van der Waals surface area contributed by atoms with E-state index < -0.39 is 17.6 Å². The molecule has 2 aliphatic heterocycles. The highest BCUT2D eigenvalue weighted by Crippen LogP contribution is 2.32. The lowest BCUT2D eigenvalue weighted by Gasteiger charge is -2.35. The predicted octanol–water partition coefficient (Wildman–Crippen LogP) is 2.56. The minimum absolute atomic E-state index is 0.0518. The van der Waals surface area contributed by atoms with E-state index in [2.05, 4.69) is 0 Å². The average Bonchev–Trinajstić information content (AvgIpc) is 2.87. The van der Waals surface area contributed by atoms with Crippen LogP contribution in [-0.2, 0) is 14.3 Å². The van der Waals surface area contributed by atoms with Gasteiger partial charge in [-0.2, -0.15) is 0 Å². The first kappa shape index (κ1) is 18.9. The summed E-state index contributed by atoms with van der Waals surface area (Å²) < 4.78 is 4.99. The zero-order valence-electron chi connectivity index (χ0n) is 15.8. The lowest BCUT2D eigenvalue weighted by atomic mass is 9.99. The number of piperidine rings is 1. The van der Waals surface area contributed by atoms with Crippen LogP contribution in [0.15, 0.2) is 24.0 Å². The van der Waals surface area contributed by atoms with E-state index in [4.69, 9.17) is 4.74 Å². The molecule has 0 aromatic heterocycles. The van der Waals surface area contributed by atoms with Gasteiger partial charge in [-0.15, -0.1) is 0 Å². The van der Waals surface area contributed by atoms with Gasteiger partial charge in [-0.05, 0) is 50.3 Å². The number of likely N-dealkylation sites (tertiary alicyclic amines) is 1. The van der Waals surface area contributed by atoms with Gasteiger partial charge in [0.25, 0.3) is 11.8 Å². The molecule has 2 aliphatic rings. The van der Waals surface area contributed by atoms with Crippen molar-refractivity contribution in [2.24, 2.45) is 0 Å². The number of imide groups is 1. The predicted molar refractivity (Wildman–Crippen MR) is 98.9 cm³/mol. The summed E-state index contributed by atoms with van der Waals surface area (Å²) in [7, 11) is 0. The van der Waals surface area contributed by atoms with E-state index in [0.717, 1.165) is 16.0 Å². The van der Waals surface area contributed by atoms with Gasteiger partial charge in [-0.25, -0.2) is 4.79 Å². The summed E-state index contributed by atoms with van der Waals surface area (Å²) in [6, 6.07) is 5.07. The van der Waals surface area contributed by atoms with Gasteiger partial charge in [0.2, 0.25) is 0 Å². The van der Waals surface area contributed by atoms with E-state index in [1.807, 2.05) is 19.9 Å². The fraction of sp³-hybridized carbons (Fsp3) is 0.450. The Bertz CT molecular complexity index is 822. The number of aliphatic hydroxyl groups excluding tert-OH is 1. The first-order chi connectivity index (χ1) is 12.8. The molecule has 3 amide bonds. The molecule has 0 aliphatic carbocycles. The molecule has 1 saturated heterocycles. The molecule has 3 rings (SSSR count). The summed E-state index contributed by atoms with van der Waals surface area (Å²) in [5, 5.41) is 10.3. The summed E-state index contributed by atoms with van der Waals surface area (Å²) in [5.74, 6) is -1.64. The molecule has 0 radical (unpaired) electrons. The Morgan fingerprint density at radius 2 is 1.81 bits per heavy atom. The summed E-state index contributed by atoms with van der Waals surface area (Å²) >= 11 is 0. The highest BCUT2D eigenvalue weighted by Gasteiger charge is 2.44. The fourth-order valence-electron chi connectivity index (χ4n) is 3.55. The van der Waals surface area contributed by atoms with Crippen molar-refractivity contribution in [1.29, 1.82) is 0 Å². The number of hydrogen-bond acceptors (Lipinski definition) is 5. The van der Waals surface area contributed by atoms with Crippen molar-refractivity contribution in [3.8, 4) is 0 Å². The van der Waals surface area contributed by atoms with Gasteiger partial charge in [0.15, 0.2) is 5.76 Å². The Morgan fingerprint density at radius 1 is 1.15 bits per heavy atom. The molecule has 0 atom stereocenters. The van der Waals surface area contributed by atoms with Crippen LogP contribution in [-0.4, -0.2) is 58.6 Å². The van der Waals surface area contributed by atoms with Crippen LogP contribution in [0.5, 0.6) is 0 Å². The number of ether oxygens (including phenoxy) is 1. The van der Waals surface area contributed by atoms with E-state index in [1.54, 1.807) is 24.0 Å². The molecule has 1 N–H and O–H groups in total. The number of rotatable bonds is 3. The zero-order chi connectivity index (χ0) is 19.7. The lowest BCUT2D eigenvalue weighted by Crippen LogP contribution is -2.49. The molecule has 2 heterocycles. The highest BCUT2D eigenvalue weighted by atomic mass is 16.6. The monoisotopic (exact) mass is 372 g/mol. The summed E-state index contributed by atoms with van der Waals surface area (Å²) in [6.07, 6.45) is 0.542. The third-order valence-electron chi connectivity index (χ3n) is 5.24. The van der Waals surface area contributed by atoms with Crippen LogP contribution >= 0.6 is 0 Å². The van der Waals surface area contributed by atoms with E-state index in [1.165, 1.54) is 0 Å². The molecule has 7 heteroatoms. The first-order valence-electron chi connectivity index (χ1n) is 9.15. The van der Waals surface area contributed by atoms with Gasteiger partial charge in [0, 0.05) is 19.1 Å². The molecule has 0 bridgehead atoms. The maximum atomic E-state index is 12.9. The van der Waals surface area contributed by atoms with E-state index >= 15 is 0 Å². The molecule has 1 fully saturated rings. The highest BCUT2D eigenvalue weighted by molar-refractivity contribution is 6.35. The summed E-state index contributed by atoms with van der Waals surface area (Å²) in [6.45, 7) is 6.73. The van der Waals surface area contributed by atoms with Crippen molar-refractivity contribution in [2.75, 3.05) is 19.7 Å². The molecule has 0 saturated carbocycles. The molecule has 1 aromatic rings. The molecule has 144 valence electrons. The number of carbonyl (C=O) groups excluding carboxylic acids is 3. The maximum absolute atomic E-state index is 12.9. The number of aliphatic hydroxyl groups is 1. The van der Waals surface area contributed by atoms with Crippen LogP contribution in [0.4, 0.5) is 4.79 Å². The van der Waals surface area contributed by atoms with Gasteiger partial charge in [-0.1, -0.05) is 18.2 Å². The summed E-state index contributed by atoms with van der Waals surface area (Å²) in [4.78, 5) is 40.0. The average molecular weight is 372 g/mol. The quantitative estimate of drug-likeness (QED) is 0.824. The SMILES string of the molecule is CCOC(=O)N1CCC(N2C(=O)C(O)=C(c3ccc(C)c(C)c3)C2=O)CC1. The van der Waals surface area contributed by atoms with Gasteiger partial charge in [0.1, 0.15) is 0 Å². The second-order valence-corrected chi connectivity index (χ2v) is 6.92. The Morgan fingerprint density at radius 3 is 2.41 bits per heavy atom. The van der Waals surface area contributed by atoms with Crippen LogP contribution in [0.3, 0.4) is 0 Å². The number of nitrogens with zero attached hydrogens (tertiary/aromatic N) is 2. The lowest BCUT2D eigenvalue weighted by molar-refractivity contribution is -0.141. The van der Waals surface area contributed by atoms with Crippen molar-refractivity contribution >= 4 is 23.5 Å². The normalized spacial score (nSPS) is 18.5. The van der Waals surface area contributed by atoms with E-state index in [9.17, 15) is 19.5 Å². The Hall–Kier alpha value is -2.83. The third-order valence-corrected chi connectivity index (χ3v) is 5.24. The largest absolute Gasteiger partial charge is 0.502 e. The Kier molecular flexibility index (Phi) is 5.21. The minimum atomic E-state index is -0.664. The first-order valence-corrected chi connectivity index (χ1v) is 9.15. The van der Waals surface area contributed by atoms with Crippen LogP contribution in [0.1, 0.15) is 36.5 Å². The Balaban J connectivity index is 1.76. The van der Waals surface area contributed by atoms with Crippen LogP contribution in [0.2, 0.25) is 0 Å². The van der Waals surface area contributed by atoms with Crippen LogP contribution in [0.25, 0.3) is 5.57 Å². The van der Waals surface area contributed by atoms with Crippen molar-refractivity contribution in [3.63, 3.8) is 0 Å². The minimum Gasteiger partial charge on any atom is -0.502 e. The van der Waals surface area contributed by atoms with Crippen molar-refractivity contribution < 1.29 is 24.2 Å². The third kappa shape index (κ3) is 3.41. The number of carbonyl (C=O) groups is 3. The van der Waals surface area contributed by atoms with Crippen LogP contribution < -0.4 is 0 Å². The number of aryl methyl sites for hydroxylation is 2. The fourth-order valence-corrected chi connectivity index (χ4v) is 3.55. The molecule has 0 unspecified atom stereocenters. The maximum Gasteiger partial charge on any atom is 0.409 e. The zero-order valence-corrected chi connectivity index (χ0v) is 15.8. The second-order valence-electron chi connectivity index (χ2n) is 6.92. The molecule has 0 spiro atoms. The second kappa shape index (κ2) is 7.42. The van der Waals surface area contributed by atoms with Crippen LogP contribution in [0, 0.1) is 13.8 Å². The van der Waals surface area contributed by atoms with Gasteiger partial charge in [0.05, 0.1) is 12.2 Å². The van der Waals surface area contributed by atoms with Gasteiger partial charge in [-0.3, -0.25) is 14.5 Å². The molecule has 7 nitrogen and oxygen atoms in total. The molecular weight excluding hydrogens is 348 g/mol. The number of amides is 3. The van der Waals surface area contributed by atoms with Crippen molar-refractivity contribution in [1.82, 2.24) is 9.80 Å². The smallest absolute Gasteiger partial charge is 0.409 e.